The van der Waals surface area contributed by atoms with E-state index in [1.807, 2.05) is 36.4 Å². The van der Waals surface area contributed by atoms with Crippen molar-refractivity contribution in [2.75, 3.05) is 0 Å². The lowest BCUT2D eigenvalue weighted by molar-refractivity contribution is 0.0405. The fourth-order valence-corrected chi connectivity index (χ4v) is 3.96. The molecule has 0 amide bonds. The summed E-state index contributed by atoms with van der Waals surface area (Å²) in [6, 6.07) is 18.5. The van der Waals surface area contributed by atoms with Crippen molar-refractivity contribution in [3.05, 3.63) is 83.2 Å². The molecule has 0 bridgehead atoms. The number of alkyl halides is 1. The van der Waals surface area contributed by atoms with E-state index >= 15 is 0 Å². The summed E-state index contributed by atoms with van der Waals surface area (Å²) in [4.78, 5) is 13.0. The zero-order valence-electron chi connectivity index (χ0n) is 14.0. The van der Waals surface area contributed by atoms with E-state index in [1.165, 1.54) is 0 Å². The molecule has 6 heteroatoms. The second kappa shape index (κ2) is 5.84. The topological polar surface area (TPSA) is 76.2 Å². The molecule has 0 radical (unpaired) electrons. The number of hydrogen-bond donors (Lipinski definition) is 1. The monoisotopic (exact) mass is 420 g/mol. The quantitative estimate of drug-likeness (QED) is 0.502. The SMILES string of the molecule is O=C1c2cccc3cccc(c23)C1(O)c1nnc(-c2ccc(CBr)cc2)o1. The second-order valence-corrected chi connectivity index (χ2v) is 7.05. The Balaban J connectivity index is 1.64. The number of nitrogens with zero attached hydrogens (tertiary/aromatic N) is 2. The highest BCUT2D eigenvalue weighted by molar-refractivity contribution is 9.08. The first-order valence-corrected chi connectivity index (χ1v) is 9.53. The largest absolute Gasteiger partial charge is 0.417 e. The summed E-state index contributed by atoms with van der Waals surface area (Å²) in [7, 11) is 0. The minimum Gasteiger partial charge on any atom is -0.417 e. The zero-order valence-corrected chi connectivity index (χ0v) is 15.6. The lowest BCUT2D eigenvalue weighted by Crippen LogP contribution is -2.33. The smallest absolute Gasteiger partial charge is 0.261 e. The molecule has 3 aromatic carbocycles. The molecule has 4 aromatic rings. The molecule has 5 rings (SSSR count). The molecule has 1 unspecified atom stereocenters. The summed E-state index contributed by atoms with van der Waals surface area (Å²) in [5.74, 6) is -0.301. The standard InChI is InChI=1S/C21H13BrN2O3/c22-11-12-7-9-14(10-8-12)19-23-24-20(27-19)21(26)16-6-2-4-13-3-1-5-15(17(13)16)18(21)25/h1-10,26H,11H2. The molecule has 0 saturated carbocycles. The van der Waals surface area contributed by atoms with Crippen LogP contribution in [0, 0.1) is 0 Å². The van der Waals surface area contributed by atoms with Crippen LogP contribution < -0.4 is 0 Å². The van der Waals surface area contributed by atoms with Gasteiger partial charge in [0.15, 0.2) is 0 Å². The number of halogens is 1. The van der Waals surface area contributed by atoms with Gasteiger partial charge < -0.3 is 9.52 Å². The molecule has 27 heavy (non-hydrogen) atoms. The minimum atomic E-state index is -1.97. The first-order valence-electron chi connectivity index (χ1n) is 8.41. The van der Waals surface area contributed by atoms with Crippen LogP contribution in [0.2, 0.25) is 0 Å². The van der Waals surface area contributed by atoms with Gasteiger partial charge in [0.2, 0.25) is 17.3 Å². The molecule has 1 heterocycles. The van der Waals surface area contributed by atoms with Gasteiger partial charge in [-0.05, 0) is 28.5 Å². The van der Waals surface area contributed by atoms with Gasteiger partial charge in [-0.3, -0.25) is 4.79 Å². The summed E-state index contributed by atoms with van der Waals surface area (Å²) in [6.07, 6.45) is 0. The molecule has 1 aromatic heterocycles. The maximum atomic E-state index is 13.0. The van der Waals surface area contributed by atoms with E-state index in [1.54, 1.807) is 24.3 Å². The van der Waals surface area contributed by atoms with Crippen LogP contribution in [0.15, 0.2) is 65.1 Å². The Kier molecular flexibility index (Phi) is 3.54. The lowest BCUT2D eigenvalue weighted by atomic mass is 9.94. The van der Waals surface area contributed by atoms with Crippen LogP contribution in [-0.2, 0) is 10.9 Å². The molecule has 0 spiro atoms. The number of aliphatic hydroxyl groups is 1. The number of Topliss-reactive ketones (excluding diaryl/α,β-unsaturated/α-hetero) is 1. The van der Waals surface area contributed by atoms with Gasteiger partial charge in [-0.25, -0.2) is 0 Å². The first kappa shape index (κ1) is 16.4. The van der Waals surface area contributed by atoms with Crippen LogP contribution in [0.25, 0.3) is 22.2 Å². The van der Waals surface area contributed by atoms with Crippen molar-refractivity contribution in [2.24, 2.45) is 0 Å². The highest BCUT2D eigenvalue weighted by Gasteiger charge is 2.51. The van der Waals surface area contributed by atoms with Gasteiger partial charge in [0.25, 0.3) is 5.89 Å². The predicted octanol–water partition coefficient (Wildman–Crippen LogP) is 4.22. The van der Waals surface area contributed by atoms with Crippen molar-refractivity contribution in [3.8, 4) is 11.5 Å². The normalized spacial score (nSPS) is 18.4. The second-order valence-electron chi connectivity index (χ2n) is 6.49. The molecule has 0 aliphatic heterocycles. The van der Waals surface area contributed by atoms with Crippen molar-refractivity contribution in [2.45, 2.75) is 10.9 Å². The summed E-state index contributed by atoms with van der Waals surface area (Å²) >= 11 is 3.41. The third kappa shape index (κ3) is 2.23. The minimum absolute atomic E-state index is 0.115. The van der Waals surface area contributed by atoms with Crippen LogP contribution in [0.3, 0.4) is 0 Å². The van der Waals surface area contributed by atoms with Crippen molar-refractivity contribution in [1.29, 1.82) is 0 Å². The van der Waals surface area contributed by atoms with Gasteiger partial charge >= 0.3 is 0 Å². The lowest BCUT2D eigenvalue weighted by Gasteiger charge is -2.17. The van der Waals surface area contributed by atoms with Gasteiger partial charge in [-0.15, -0.1) is 10.2 Å². The predicted molar refractivity (Wildman–Crippen MR) is 104 cm³/mol. The third-order valence-corrected chi connectivity index (χ3v) is 5.60. The molecule has 5 nitrogen and oxygen atoms in total. The van der Waals surface area contributed by atoms with Gasteiger partial charge in [-0.1, -0.05) is 64.5 Å². The average Bonchev–Trinajstić information content (AvgIpc) is 3.29. The first-order chi connectivity index (χ1) is 13.1. The number of ketones is 1. The van der Waals surface area contributed by atoms with Crippen LogP contribution in [0.5, 0.6) is 0 Å². The number of carbonyl (C=O) groups is 1. The summed E-state index contributed by atoms with van der Waals surface area (Å²) in [6.45, 7) is 0. The van der Waals surface area contributed by atoms with E-state index in [-0.39, 0.29) is 11.8 Å². The zero-order chi connectivity index (χ0) is 18.6. The van der Waals surface area contributed by atoms with E-state index in [9.17, 15) is 9.90 Å². The van der Waals surface area contributed by atoms with Crippen LogP contribution in [0.4, 0.5) is 0 Å². The molecule has 0 fully saturated rings. The van der Waals surface area contributed by atoms with Crippen molar-refractivity contribution in [3.63, 3.8) is 0 Å². The Morgan fingerprint density at radius 1 is 1.00 bits per heavy atom. The maximum Gasteiger partial charge on any atom is 0.261 e. The fraction of sp³-hybridized carbons (Fsp3) is 0.0952. The van der Waals surface area contributed by atoms with Crippen molar-refractivity contribution >= 4 is 32.5 Å². The fourth-order valence-electron chi connectivity index (χ4n) is 3.58. The van der Waals surface area contributed by atoms with Gasteiger partial charge in [-0.2, -0.15) is 0 Å². The van der Waals surface area contributed by atoms with Crippen LogP contribution in [0.1, 0.15) is 27.4 Å². The Morgan fingerprint density at radius 3 is 2.48 bits per heavy atom. The molecular weight excluding hydrogens is 408 g/mol. The molecule has 1 aliphatic rings. The molecule has 132 valence electrons. The Labute approximate surface area is 162 Å². The maximum absolute atomic E-state index is 13.0. The molecule has 1 atom stereocenters. The van der Waals surface area contributed by atoms with E-state index in [4.69, 9.17) is 4.42 Å². The molecule has 1 aliphatic carbocycles. The number of carbonyl (C=O) groups excluding carboxylic acids is 1. The van der Waals surface area contributed by atoms with Gasteiger partial charge in [0, 0.05) is 22.0 Å². The highest BCUT2D eigenvalue weighted by Crippen LogP contribution is 2.44. The Hall–Kier alpha value is -2.83. The number of rotatable bonds is 3. The van der Waals surface area contributed by atoms with Gasteiger partial charge in [0.05, 0.1) is 0 Å². The van der Waals surface area contributed by atoms with Crippen molar-refractivity contribution in [1.82, 2.24) is 10.2 Å². The van der Waals surface area contributed by atoms with E-state index in [0.29, 0.717) is 11.1 Å². The Morgan fingerprint density at radius 2 is 1.74 bits per heavy atom. The van der Waals surface area contributed by atoms with Crippen molar-refractivity contribution < 1.29 is 14.3 Å². The third-order valence-electron chi connectivity index (χ3n) is 4.96. The summed E-state index contributed by atoms with van der Waals surface area (Å²) in [5.41, 5.74) is 0.815. The summed E-state index contributed by atoms with van der Waals surface area (Å²) in [5, 5.41) is 21.8. The van der Waals surface area contributed by atoms with E-state index in [2.05, 4.69) is 26.1 Å². The summed E-state index contributed by atoms with van der Waals surface area (Å²) < 4.78 is 5.76. The Bertz CT molecular complexity index is 1190. The van der Waals surface area contributed by atoms with Gasteiger partial charge in [0.1, 0.15) is 0 Å². The van der Waals surface area contributed by atoms with Crippen LogP contribution >= 0.6 is 15.9 Å². The number of aromatic nitrogens is 2. The highest BCUT2D eigenvalue weighted by atomic mass is 79.9. The number of benzene rings is 3. The number of hydrogen-bond acceptors (Lipinski definition) is 5. The molecule has 1 N–H and O–H groups in total. The van der Waals surface area contributed by atoms with Crippen LogP contribution in [-0.4, -0.2) is 21.1 Å². The van der Waals surface area contributed by atoms with E-state index in [0.717, 1.165) is 27.2 Å². The van der Waals surface area contributed by atoms with E-state index < -0.39 is 11.4 Å². The molecule has 0 saturated heterocycles. The molecular formula is C21H13BrN2O3. The average molecular weight is 421 g/mol.